The molecule has 27 heavy (non-hydrogen) atoms. The first-order chi connectivity index (χ1) is 13.2. The second-order valence-corrected chi connectivity index (χ2v) is 8.01. The van der Waals surface area contributed by atoms with Crippen LogP contribution in [-0.4, -0.2) is 33.4 Å². The van der Waals surface area contributed by atoms with Crippen LogP contribution in [0.5, 0.6) is 0 Å². The maximum Gasteiger partial charge on any atom is 0.228 e. The quantitative estimate of drug-likeness (QED) is 0.630. The lowest BCUT2D eigenvalue weighted by molar-refractivity contribution is -0.131. The largest absolute Gasteiger partial charge is 0.339 e. The van der Waals surface area contributed by atoms with Crippen LogP contribution in [0.4, 0.5) is 0 Å². The molecule has 4 rings (SSSR count). The average Bonchev–Trinajstić information content (AvgIpc) is 3.34. The van der Waals surface area contributed by atoms with Gasteiger partial charge in [0.15, 0.2) is 0 Å². The number of thiazole rings is 1. The zero-order valence-electron chi connectivity index (χ0n) is 14.8. The lowest BCUT2D eigenvalue weighted by Crippen LogP contribution is -2.37. The molecule has 1 fully saturated rings. The number of pyridine rings is 1. The minimum atomic E-state index is 0.146. The molecular weight excluding hydrogens is 378 g/mol. The molecule has 1 aliphatic heterocycles. The molecule has 6 heteroatoms. The van der Waals surface area contributed by atoms with Crippen LogP contribution < -0.4 is 0 Å². The maximum atomic E-state index is 12.9. The summed E-state index contributed by atoms with van der Waals surface area (Å²) < 4.78 is 0. The van der Waals surface area contributed by atoms with Gasteiger partial charge in [-0.25, -0.2) is 4.98 Å². The molecule has 3 heterocycles. The van der Waals surface area contributed by atoms with Gasteiger partial charge in [-0.2, -0.15) is 0 Å². The van der Waals surface area contributed by atoms with E-state index in [1.165, 1.54) is 0 Å². The number of hydrogen-bond acceptors (Lipinski definition) is 4. The molecule has 0 aliphatic carbocycles. The molecule has 1 aliphatic rings. The summed E-state index contributed by atoms with van der Waals surface area (Å²) in [6.07, 6.45) is 6.76. The minimum Gasteiger partial charge on any atom is -0.339 e. The molecule has 1 unspecified atom stereocenters. The van der Waals surface area contributed by atoms with Crippen molar-refractivity contribution < 1.29 is 4.79 Å². The van der Waals surface area contributed by atoms with Crippen molar-refractivity contribution in [1.82, 2.24) is 14.9 Å². The highest BCUT2D eigenvalue weighted by Gasteiger charge is 2.29. The average molecular weight is 398 g/mol. The van der Waals surface area contributed by atoms with Crippen LogP contribution in [0.1, 0.15) is 24.1 Å². The molecule has 1 amide bonds. The lowest BCUT2D eigenvalue weighted by atomic mass is 10.0. The van der Waals surface area contributed by atoms with Crippen LogP contribution in [-0.2, 0) is 17.6 Å². The molecule has 1 saturated heterocycles. The molecule has 4 nitrogen and oxygen atoms in total. The van der Waals surface area contributed by atoms with Crippen LogP contribution in [0.2, 0.25) is 5.02 Å². The number of benzene rings is 1. The van der Waals surface area contributed by atoms with E-state index in [9.17, 15) is 4.79 Å². The van der Waals surface area contributed by atoms with Gasteiger partial charge in [0, 0.05) is 40.9 Å². The van der Waals surface area contributed by atoms with Gasteiger partial charge in [-0.15, -0.1) is 11.3 Å². The Bertz CT molecular complexity index is 928. The van der Waals surface area contributed by atoms with Crippen molar-refractivity contribution in [3.63, 3.8) is 0 Å². The highest BCUT2D eigenvalue weighted by Crippen LogP contribution is 2.27. The van der Waals surface area contributed by atoms with E-state index in [1.807, 2.05) is 46.7 Å². The first kappa shape index (κ1) is 18.1. The van der Waals surface area contributed by atoms with E-state index < -0.39 is 0 Å². The summed E-state index contributed by atoms with van der Waals surface area (Å²) in [6, 6.07) is 12.0. The molecule has 0 N–H and O–H groups in total. The Hall–Kier alpha value is -2.24. The molecular formula is C21H20ClN3OS. The van der Waals surface area contributed by atoms with Crippen molar-refractivity contribution >= 4 is 28.8 Å². The molecule has 0 bridgehead atoms. The second-order valence-electron chi connectivity index (χ2n) is 6.74. The molecule has 0 radical (unpaired) electrons. The van der Waals surface area contributed by atoms with Crippen molar-refractivity contribution in [3.8, 4) is 10.6 Å². The normalized spacial score (nSPS) is 16.6. The van der Waals surface area contributed by atoms with E-state index in [0.717, 1.165) is 52.7 Å². The summed E-state index contributed by atoms with van der Waals surface area (Å²) in [6.45, 7) is 0.813. The van der Waals surface area contributed by atoms with E-state index in [2.05, 4.69) is 9.97 Å². The van der Waals surface area contributed by atoms with E-state index in [4.69, 9.17) is 11.6 Å². The lowest BCUT2D eigenvalue weighted by Gasteiger charge is -2.25. The monoisotopic (exact) mass is 397 g/mol. The highest BCUT2D eigenvalue weighted by molar-refractivity contribution is 7.13. The summed E-state index contributed by atoms with van der Waals surface area (Å²) in [4.78, 5) is 23.7. The van der Waals surface area contributed by atoms with Gasteiger partial charge in [0.25, 0.3) is 0 Å². The maximum absolute atomic E-state index is 12.9. The summed E-state index contributed by atoms with van der Waals surface area (Å²) in [7, 11) is 0. The molecule has 2 aromatic heterocycles. The number of likely N-dealkylation sites (tertiary alicyclic amines) is 1. The van der Waals surface area contributed by atoms with Gasteiger partial charge in [-0.05, 0) is 43.0 Å². The predicted molar refractivity (Wildman–Crippen MR) is 109 cm³/mol. The van der Waals surface area contributed by atoms with Gasteiger partial charge in [-0.3, -0.25) is 9.78 Å². The third-order valence-corrected chi connectivity index (χ3v) is 6.21. The van der Waals surface area contributed by atoms with Crippen molar-refractivity contribution in [2.24, 2.45) is 0 Å². The van der Waals surface area contributed by atoms with Crippen LogP contribution in [0.15, 0.2) is 54.2 Å². The Labute approximate surface area is 167 Å². The van der Waals surface area contributed by atoms with Gasteiger partial charge < -0.3 is 4.90 Å². The number of carbonyl (C=O) groups is 1. The fourth-order valence-corrected chi connectivity index (χ4v) is 4.58. The molecule has 0 saturated carbocycles. The fraction of sp³-hybridized carbons (Fsp3) is 0.286. The Morgan fingerprint density at radius 1 is 1.26 bits per heavy atom. The van der Waals surface area contributed by atoms with Gasteiger partial charge in [-0.1, -0.05) is 29.8 Å². The molecule has 0 spiro atoms. The number of rotatable bonds is 5. The molecule has 138 valence electrons. The molecule has 1 aromatic carbocycles. The Balaban J connectivity index is 1.43. The minimum absolute atomic E-state index is 0.146. The van der Waals surface area contributed by atoms with Crippen molar-refractivity contribution in [2.75, 3.05) is 6.54 Å². The number of carbonyl (C=O) groups excluding carboxylic acids is 1. The molecule has 1 atom stereocenters. The van der Waals surface area contributed by atoms with Gasteiger partial charge in [0.2, 0.25) is 5.91 Å². The van der Waals surface area contributed by atoms with E-state index in [1.54, 1.807) is 23.7 Å². The third kappa shape index (κ3) is 4.20. The number of amides is 1. The topological polar surface area (TPSA) is 46.1 Å². The predicted octanol–water partition coefficient (Wildman–Crippen LogP) is 4.63. The van der Waals surface area contributed by atoms with E-state index in [0.29, 0.717) is 6.42 Å². The zero-order valence-corrected chi connectivity index (χ0v) is 16.4. The highest BCUT2D eigenvalue weighted by atomic mass is 35.5. The third-order valence-electron chi connectivity index (χ3n) is 4.90. The van der Waals surface area contributed by atoms with Gasteiger partial charge >= 0.3 is 0 Å². The van der Waals surface area contributed by atoms with Crippen LogP contribution in [0, 0.1) is 0 Å². The van der Waals surface area contributed by atoms with Gasteiger partial charge in [0.05, 0.1) is 12.1 Å². The van der Waals surface area contributed by atoms with E-state index in [-0.39, 0.29) is 11.9 Å². The number of aromatic nitrogens is 2. The Morgan fingerprint density at radius 3 is 2.96 bits per heavy atom. The number of halogens is 1. The van der Waals surface area contributed by atoms with Crippen LogP contribution >= 0.6 is 22.9 Å². The van der Waals surface area contributed by atoms with Crippen molar-refractivity contribution in [2.45, 2.75) is 31.7 Å². The standard InChI is InChI=1S/C21H20ClN3OS/c22-19-8-2-1-5-15(19)11-18-7-4-10-25(18)20(26)12-17-14-27-21(24-17)16-6-3-9-23-13-16/h1-3,5-6,8-9,13-14,18H,4,7,10-12H2. The smallest absolute Gasteiger partial charge is 0.228 e. The number of nitrogens with zero attached hydrogens (tertiary/aromatic N) is 3. The van der Waals surface area contributed by atoms with Gasteiger partial charge in [0.1, 0.15) is 5.01 Å². The summed E-state index contributed by atoms with van der Waals surface area (Å²) >= 11 is 7.86. The van der Waals surface area contributed by atoms with Crippen molar-refractivity contribution in [1.29, 1.82) is 0 Å². The second kappa shape index (κ2) is 8.19. The summed E-state index contributed by atoms with van der Waals surface area (Å²) in [5.41, 5.74) is 2.92. The van der Waals surface area contributed by atoms with Crippen LogP contribution in [0.25, 0.3) is 10.6 Å². The van der Waals surface area contributed by atoms with Crippen molar-refractivity contribution in [3.05, 3.63) is 70.5 Å². The summed E-state index contributed by atoms with van der Waals surface area (Å²) in [5, 5.41) is 3.65. The molecule has 3 aromatic rings. The fourth-order valence-electron chi connectivity index (χ4n) is 3.56. The van der Waals surface area contributed by atoms with Crippen LogP contribution in [0.3, 0.4) is 0 Å². The first-order valence-corrected chi connectivity index (χ1v) is 10.3. The summed E-state index contributed by atoms with van der Waals surface area (Å²) in [5.74, 6) is 0.146. The Kier molecular flexibility index (Phi) is 5.50. The zero-order chi connectivity index (χ0) is 18.6. The van der Waals surface area contributed by atoms with E-state index >= 15 is 0 Å². The number of hydrogen-bond donors (Lipinski definition) is 0. The first-order valence-electron chi connectivity index (χ1n) is 9.08. The Morgan fingerprint density at radius 2 is 2.15 bits per heavy atom. The SMILES string of the molecule is O=C(Cc1csc(-c2cccnc2)n1)N1CCCC1Cc1ccccc1Cl.